The molecule has 24 heavy (non-hydrogen) atoms. The molecule has 3 rings (SSSR count). The van der Waals surface area contributed by atoms with Crippen molar-refractivity contribution in [1.29, 1.82) is 0 Å². The molecule has 0 N–H and O–H groups in total. The molecule has 0 aliphatic carbocycles. The van der Waals surface area contributed by atoms with Gasteiger partial charge in [0.15, 0.2) is 0 Å². The Hall–Kier alpha value is -1.33. The first kappa shape index (κ1) is 17.5. The minimum atomic E-state index is -2.95. The third kappa shape index (κ3) is 3.24. The van der Waals surface area contributed by atoms with Gasteiger partial charge in [0.2, 0.25) is 0 Å². The van der Waals surface area contributed by atoms with Gasteiger partial charge >= 0.3 is 0 Å². The van der Waals surface area contributed by atoms with Gasteiger partial charge in [0, 0.05) is 42.0 Å². The summed E-state index contributed by atoms with van der Waals surface area (Å²) in [4.78, 5) is 6.52. The molecule has 0 bridgehead atoms. The molecule has 4 nitrogen and oxygen atoms in total. The zero-order valence-corrected chi connectivity index (χ0v) is 16.0. The van der Waals surface area contributed by atoms with Crippen molar-refractivity contribution in [3.8, 4) is 0 Å². The molecule has 0 amide bonds. The Bertz CT molecular complexity index is 880. The van der Waals surface area contributed by atoms with Crippen molar-refractivity contribution in [2.45, 2.75) is 32.7 Å². The number of rotatable bonds is 4. The molecule has 6 heteroatoms. The van der Waals surface area contributed by atoms with E-state index >= 15 is 0 Å². The van der Waals surface area contributed by atoms with Gasteiger partial charge < -0.3 is 4.90 Å². The number of pyridine rings is 1. The highest BCUT2D eigenvalue weighted by atomic mass is 35.5. The molecule has 1 saturated heterocycles. The number of benzene rings is 1. The lowest BCUT2D eigenvalue weighted by atomic mass is 9.89. The van der Waals surface area contributed by atoms with Crippen molar-refractivity contribution in [3.63, 3.8) is 0 Å². The molecule has 1 fully saturated rings. The quantitative estimate of drug-likeness (QED) is 0.770. The standard InChI is InChI=1S/C18H23ClN2O2S/c1-11(2)14-5-6-17(16-8-20-18(19)7-15(14)16)21-9-13(12(21)3)10-24(4,22)23/h5-8,11-13H,9-10H2,1-4H3/t12-,13-/m1/s1. The molecule has 130 valence electrons. The highest BCUT2D eigenvalue weighted by Gasteiger charge is 2.38. The molecular weight excluding hydrogens is 344 g/mol. The first-order valence-electron chi connectivity index (χ1n) is 8.20. The number of halogens is 1. The number of sulfone groups is 1. The topological polar surface area (TPSA) is 50.3 Å². The molecule has 0 saturated carbocycles. The van der Waals surface area contributed by atoms with Crippen molar-refractivity contribution in [1.82, 2.24) is 4.98 Å². The molecule has 1 aromatic heterocycles. The van der Waals surface area contributed by atoms with Crippen LogP contribution in [0.1, 0.15) is 32.3 Å². The Morgan fingerprint density at radius 3 is 2.62 bits per heavy atom. The van der Waals surface area contributed by atoms with Gasteiger partial charge in [0.25, 0.3) is 0 Å². The maximum atomic E-state index is 11.5. The molecule has 2 atom stereocenters. The normalized spacial score (nSPS) is 21.3. The molecular formula is C18H23ClN2O2S. The van der Waals surface area contributed by atoms with Gasteiger partial charge in [-0.1, -0.05) is 31.5 Å². The maximum absolute atomic E-state index is 11.5. The van der Waals surface area contributed by atoms with Gasteiger partial charge in [-0.2, -0.15) is 0 Å². The summed E-state index contributed by atoms with van der Waals surface area (Å²) in [5.74, 6) is 0.823. The van der Waals surface area contributed by atoms with E-state index in [1.54, 1.807) is 0 Å². The number of aromatic nitrogens is 1. The lowest BCUT2D eigenvalue weighted by Gasteiger charge is -2.48. The molecule has 0 unspecified atom stereocenters. The van der Waals surface area contributed by atoms with Gasteiger partial charge in [0.1, 0.15) is 15.0 Å². The predicted molar refractivity (Wildman–Crippen MR) is 101 cm³/mol. The fraction of sp³-hybridized carbons (Fsp3) is 0.500. The number of hydrogen-bond acceptors (Lipinski definition) is 4. The SMILES string of the molecule is CC(C)c1ccc(N2C[C@H](CS(C)(=O)=O)[C@H]2C)c2cnc(Cl)cc12. The van der Waals surface area contributed by atoms with Crippen LogP contribution in [0.5, 0.6) is 0 Å². The van der Waals surface area contributed by atoms with Gasteiger partial charge in [-0.05, 0) is 35.9 Å². The van der Waals surface area contributed by atoms with Crippen LogP contribution in [-0.2, 0) is 9.84 Å². The number of anilines is 1. The van der Waals surface area contributed by atoms with Gasteiger partial charge in [0.05, 0.1) is 5.75 Å². The van der Waals surface area contributed by atoms with Crippen LogP contribution in [0.2, 0.25) is 5.15 Å². The van der Waals surface area contributed by atoms with Gasteiger partial charge in [-0.3, -0.25) is 0 Å². The second kappa shape index (κ2) is 6.19. The van der Waals surface area contributed by atoms with Crippen molar-refractivity contribution in [3.05, 3.63) is 35.1 Å². The summed E-state index contributed by atoms with van der Waals surface area (Å²) in [6.07, 6.45) is 3.14. The minimum absolute atomic E-state index is 0.181. The summed E-state index contributed by atoms with van der Waals surface area (Å²) in [5, 5.41) is 2.70. The van der Waals surface area contributed by atoms with Crippen molar-refractivity contribution in [2.75, 3.05) is 23.5 Å². The highest BCUT2D eigenvalue weighted by Crippen LogP contribution is 2.39. The Labute approximate surface area is 148 Å². The first-order chi connectivity index (χ1) is 11.2. The van der Waals surface area contributed by atoms with Crippen LogP contribution >= 0.6 is 11.6 Å². The van der Waals surface area contributed by atoms with Gasteiger partial charge in [-0.15, -0.1) is 0 Å². The average molecular weight is 367 g/mol. The van der Waals surface area contributed by atoms with Crippen LogP contribution in [0.15, 0.2) is 24.4 Å². The van der Waals surface area contributed by atoms with E-state index < -0.39 is 9.84 Å². The van der Waals surface area contributed by atoms with E-state index in [1.807, 2.05) is 12.3 Å². The molecule has 0 spiro atoms. The summed E-state index contributed by atoms with van der Waals surface area (Å²) >= 11 is 6.11. The van der Waals surface area contributed by atoms with Crippen LogP contribution in [0.4, 0.5) is 5.69 Å². The van der Waals surface area contributed by atoms with Crippen molar-refractivity contribution in [2.24, 2.45) is 5.92 Å². The minimum Gasteiger partial charge on any atom is -0.368 e. The smallest absolute Gasteiger partial charge is 0.147 e. The fourth-order valence-electron chi connectivity index (χ4n) is 3.56. The van der Waals surface area contributed by atoms with Crippen LogP contribution in [0, 0.1) is 5.92 Å². The maximum Gasteiger partial charge on any atom is 0.147 e. The number of fused-ring (bicyclic) bond motifs is 1. The second-order valence-electron chi connectivity index (χ2n) is 7.13. The lowest BCUT2D eigenvalue weighted by molar-refractivity contribution is 0.342. The van der Waals surface area contributed by atoms with Crippen LogP contribution in [0.3, 0.4) is 0 Å². The van der Waals surface area contributed by atoms with E-state index in [2.05, 4.69) is 42.8 Å². The summed E-state index contributed by atoms with van der Waals surface area (Å²) in [6, 6.07) is 6.40. The van der Waals surface area contributed by atoms with E-state index in [0.29, 0.717) is 11.1 Å². The molecule has 0 radical (unpaired) electrons. The Balaban J connectivity index is 1.99. The Kier molecular flexibility index (Phi) is 4.51. The van der Waals surface area contributed by atoms with Crippen LogP contribution in [-0.4, -0.2) is 38.0 Å². The number of hydrogen-bond donors (Lipinski definition) is 0. The summed E-state index contributed by atoms with van der Waals surface area (Å²) in [6.45, 7) is 7.17. The Morgan fingerprint density at radius 1 is 1.33 bits per heavy atom. The van der Waals surface area contributed by atoms with Crippen LogP contribution in [0.25, 0.3) is 10.8 Å². The summed E-state index contributed by atoms with van der Waals surface area (Å²) in [5.41, 5.74) is 2.36. The third-order valence-corrected chi connectivity index (χ3v) is 6.17. The lowest BCUT2D eigenvalue weighted by Crippen LogP contribution is -2.57. The zero-order chi connectivity index (χ0) is 17.6. The molecule has 1 aliphatic heterocycles. The monoisotopic (exact) mass is 366 g/mol. The van der Waals surface area contributed by atoms with Gasteiger partial charge in [-0.25, -0.2) is 13.4 Å². The van der Waals surface area contributed by atoms with E-state index in [4.69, 9.17) is 11.6 Å². The van der Waals surface area contributed by atoms with E-state index in [-0.39, 0.29) is 17.7 Å². The summed E-state index contributed by atoms with van der Waals surface area (Å²) < 4.78 is 23.1. The molecule has 1 aliphatic rings. The number of nitrogens with zero attached hydrogens (tertiary/aromatic N) is 2. The molecule has 2 aromatic rings. The molecule has 1 aromatic carbocycles. The van der Waals surface area contributed by atoms with E-state index in [0.717, 1.165) is 23.0 Å². The average Bonchev–Trinajstić information content (AvgIpc) is 2.48. The predicted octanol–water partition coefficient (Wildman–Crippen LogP) is 3.88. The first-order valence-corrected chi connectivity index (χ1v) is 10.6. The van der Waals surface area contributed by atoms with Crippen molar-refractivity contribution >= 4 is 37.9 Å². The van der Waals surface area contributed by atoms with E-state index in [1.165, 1.54) is 11.8 Å². The van der Waals surface area contributed by atoms with E-state index in [9.17, 15) is 8.42 Å². The van der Waals surface area contributed by atoms with Crippen LogP contribution < -0.4 is 4.90 Å². The Morgan fingerprint density at radius 2 is 2.04 bits per heavy atom. The summed E-state index contributed by atoms with van der Waals surface area (Å²) in [7, 11) is -2.95. The second-order valence-corrected chi connectivity index (χ2v) is 9.70. The zero-order valence-electron chi connectivity index (χ0n) is 14.5. The largest absolute Gasteiger partial charge is 0.368 e. The van der Waals surface area contributed by atoms with Crippen molar-refractivity contribution < 1.29 is 8.42 Å². The highest BCUT2D eigenvalue weighted by molar-refractivity contribution is 7.90. The fourth-order valence-corrected chi connectivity index (χ4v) is 4.88. The molecule has 2 heterocycles. The third-order valence-electron chi connectivity index (χ3n) is 4.93.